The predicted octanol–water partition coefficient (Wildman–Crippen LogP) is 2.61. The highest BCUT2D eigenvalue weighted by Gasteiger charge is 2.18. The minimum Gasteiger partial charge on any atom is -0.338 e. The Kier molecular flexibility index (Phi) is 5.87. The molecule has 2 rings (SSSR count). The number of rotatable bonds is 6. The van der Waals surface area contributed by atoms with Gasteiger partial charge in [0.15, 0.2) is 0 Å². The first-order valence-corrected chi connectivity index (χ1v) is 9.85. The molecular weight excluding hydrogens is 314 g/mol. The van der Waals surface area contributed by atoms with Crippen LogP contribution in [0.1, 0.15) is 44.2 Å². The van der Waals surface area contributed by atoms with Crippen LogP contribution in [-0.4, -0.2) is 27.2 Å². The van der Waals surface area contributed by atoms with E-state index in [1.165, 1.54) is 25.7 Å². The molecule has 1 aromatic carbocycles. The lowest BCUT2D eigenvalue weighted by molar-refractivity contribution is 0.236. The quantitative estimate of drug-likeness (QED) is 0.744. The molecule has 1 aromatic rings. The highest BCUT2D eigenvalue weighted by molar-refractivity contribution is 7.92. The Hall–Kier alpha value is -1.76. The molecule has 1 aliphatic carbocycles. The Bertz CT molecular complexity index is 640. The maximum absolute atomic E-state index is 12.0. The van der Waals surface area contributed by atoms with Gasteiger partial charge in [0.2, 0.25) is 10.0 Å². The van der Waals surface area contributed by atoms with Gasteiger partial charge in [-0.1, -0.05) is 31.0 Å². The van der Waals surface area contributed by atoms with E-state index in [4.69, 9.17) is 0 Å². The maximum atomic E-state index is 12.0. The molecule has 7 heteroatoms. The molecule has 1 atom stereocenters. The molecule has 1 fully saturated rings. The van der Waals surface area contributed by atoms with Crippen molar-refractivity contribution < 1.29 is 13.2 Å². The smallest absolute Gasteiger partial charge is 0.315 e. The van der Waals surface area contributed by atoms with Crippen molar-refractivity contribution in [1.29, 1.82) is 0 Å². The molecule has 0 heterocycles. The zero-order valence-electron chi connectivity index (χ0n) is 13.6. The van der Waals surface area contributed by atoms with Gasteiger partial charge >= 0.3 is 6.03 Å². The van der Waals surface area contributed by atoms with Crippen molar-refractivity contribution in [3.05, 3.63) is 29.8 Å². The molecule has 0 saturated heterocycles. The molecular formula is C16H25N3O3S. The van der Waals surface area contributed by atoms with Crippen LogP contribution in [0.4, 0.5) is 10.5 Å². The van der Waals surface area contributed by atoms with Gasteiger partial charge in [-0.15, -0.1) is 0 Å². The van der Waals surface area contributed by atoms with Crippen molar-refractivity contribution in [1.82, 2.24) is 10.6 Å². The highest BCUT2D eigenvalue weighted by atomic mass is 32.2. The minimum absolute atomic E-state index is 0.224. The number of carbonyl (C=O) groups is 1. The van der Waals surface area contributed by atoms with Crippen molar-refractivity contribution in [2.24, 2.45) is 5.92 Å². The third-order valence-electron chi connectivity index (χ3n) is 4.10. The fraction of sp³-hybridized carbons (Fsp3) is 0.562. The van der Waals surface area contributed by atoms with E-state index in [2.05, 4.69) is 15.4 Å². The van der Waals surface area contributed by atoms with E-state index < -0.39 is 10.0 Å². The van der Waals surface area contributed by atoms with Gasteiger partial charge in [-0.2, -0.15) is 0 Å². The minimum atomic E-state index is -3.36. The van der Waals surface area contributed by atoms with Gasteiger partial charge in [0, 0.05) is 6.54 Å². The standard InChI is InChI=1S/C16H25N3O3S/c1-12(18-16(20)17-11-13-7-3-4-8-13)14-9-5-6-10-15(14)19-23(2,21)22/h5-6,9-10,12-13,19H,3-4,7-8,11H2,1-2H3,(H2,17,18,20). The summed E-state index contributed by atoms with van der Waals surface area (Å²) < 4.78 is 25.4. The molecule has 1 aliphatic rings. The van der Waals surface area contributed by atoms with Crippen LogP contribution in [-0.2, 0) is 10.0 Å². The Morgan fingerprint density at radius 2 is 1.91 bits per heavy atom. The van der Waals surface area contributed by atoms with Crippen molar-refractivity contribution in [3.8, 4) is 0 Å². The van der Waals surface area contributed by atoms with E-state index in [1.807, 2.05) is 13.0 Å². The lowest BCUT2D eigenvalue weighted by Gasteiger charge is -2.19. The lowest BCUT2D eigenvalue weighted by Crippen LogP contribution is -2.39. The SMILES string of the molecule is CC(NC(=O)NCC1CCCC1)c1ccccc1NS(C)(=O)=O. The Morgan fingerprint density at radius 3 is 2.57 bits per heavy atom. The molecule has 0 aliphatic heterocycles. The normalized spacial score (nSPS) is 16.8. The Balaban J connectivity index is 1.94. The van der Waals surface area contributed by atoms with Crippen LogP contribution in [0, 0.1) is 5.92 Å². The van der Waals surface area contributed by atoms with E-state index in [0.29, 0.717) is 18.2 Å². The first-order valence-electron chi connectivity index (χ1n) is 7.96. The van der Waals surface area contributed by atoms with Gasteiger partial charge in [-0.25, -0.2) is 13.2 Å². The number of benzene rings is 1. The summed E-state index contributed by atoms with van der Waals surface area (Å²) in [4.78, 5) is 12.0. The predicted molar refractivity (Wildman–Crippen MR) is 91.8 cm³/mol. The second-order valence-electron chi connectivity index (χ2n) is 6.19. The third kappa shape index (κ3) is 5.74. The van der Waals surface area contributed by atoms with Gasteiger partial charge < -0.3 is 10.6 Å². The third-order valence-corrected chi connectivity index (χ3v) is 4.69. The first kappa shape index (κ1) is 17.6. The van der Waals surface area contributed by atoms with Crippen LogP contribution in [0.5, 0.6) is 0 Å². The van der Waals surface area contributed by atoms with Crippen LogP contribution in [0.3, 0.4) is 0 Å². The van der Waals surface area contributed by atoms with Crippen LogP contribution in [0.2, 0.25) is 0 Å². The van der Waals surface area contributed by atoms with Crippen molar-refractivity contribution in [2.45, 2.75) is 38.6 Å². The second-order valence-corrected chi connectivity index (χ2v) is 7.94. The molecule has 128 valence electrons. The van der Waals surface area contributed by atoms with Gasteiger partial charge in [0.05, 0.1) is 18.0 Å². The summed E-state index contributed by atoms with van der Waals surface area (Å²) in [6.45, 7) is 2.53. The Labute approximate surface area is 138 Å². The van der Waals surface area contributed by atoms with E-state index in [1.54, 1.807) is 18.2 Å². The van der Waals surface area contributed by atoms with Crippen LogP contribution < -0.4 is 15.4 Å². The average Bonchev–Trinajstić information content (AvgIpc) is 2.97. The van der Waals surface area contributed by atoms with Crippen LogP contribution >= 0.6 is 0 Å². The largest absolute Gasteiger partial charge is 0.338 e. The van der Waals surface area contributed by atoms with Gasteiger partial charge in [0.1, 0.15) is 0 Å². The van der Waals surface area contributed by atoms with Crippen molar-refractivity contribution >= 4 is 21.7 Å². The monoisotopic (exact) mass is 339 g/mol. The van der Waals surface area contributed by atoms with Crippen LogP contribution in [0.25, 0.3) is 0 Å². The average molecular weight is 339 g/mol. The van der Waals surface area contributed by atoms with E-state index in [0.717, 1.165) is 11.8 Å². The fourth-order valence-electron chi connectivity index (χ4n) is 2.94. The number of nitrogens with one attached hydrogen (secondary N) is 3. The topological polar surface area (TPSA) is 87.3 Å². The van der Waals surface area contributed by atoms with Gasteiger partial charge in [-0.3, -0.25) is 4.72 Å². The molecule has 0 aromatic heterocycles. The molecule has 23 heavy (non-hydrogen) atoms. The first-order chi connectivity index (χ1) is 10.8. The van der Waals surface area contributed by atoms with E-state index in [-0.39, 0.29) is 12.1 Å². The highest BCUT2D eigenvalue weighted by Crippen LogP contribution is 2.24. The molecule has 1 saturated carbocycles. The number of carbonyl (C=O) groups excluding carboxylic acids is 1. The number of amides is 2. The summed E-state index contributed by atoms with van der Waals surface area (Å²) in [6, 6.07) is 6.53. The molecule has 1 unspecified atom stereocenters. The molecule has 0 bridgehead atoms. The number of para-hydroxylation sites is 1. The lowest BCUT2D eigenvalue weighted by atomic mass is 10.1. The summed E-state index contributed by atoms with van der Waals surface area (Å²) in [5, 5.41) is 5.77. The zero-order chi connectivity index (χ0) is 16.9. The van der Waals surface area contributed by atoms with Crippen molar-refractivity contribution in [3.63, 3.8) is 0 Å². The van der Waals surface area contributed by atoms with Crippen LogP contribution in [0.15, 0.2) is 24.3 Å². The number of sulfonamides is 1. The summed E-state index contributed by atoms with van der Waals surface area (Å²) in [5.74, 6) is 0.579. The molecule has 3 N–H and O–H groups in total. The van der Waals surface area contributed by atoms with E-state index in [9.17, 15) is 13.2 Å². The summed E-state index contributed by atoms with van der Waals surface area (Å²) >= 11 is 0. The van der Waals surface area contributed by atoms with E-state index >= 15 is 0 Å². The molecule has 2 amide bonds. The zero-order valence-corrected chi connectivity index (χ0v) is 14.4. The maximum Gasteiger partial charge on any atom is 0.315 e. The number of hydrogen-bond acceptors (Lipinski definition) is 3. The van der Waals surface area contributed by atoms with Gasteiger partial charge in [-0.05, 0) is 37.3 Å². The summed E-state index contributed by atoms with van der Waals surface area (Å²) in [7, 11) is -3.36. The number of urea groups is 1. The summed E-state index contributed by atoms with van der Waals surface area (Å²) in [6.07, 6.45) is 5.95. The van der Waals surface area contributed by atoms with Gasteiger partial charge in [0.25, 0.3) is 0 Å². The molecule has 0 radical (unpaired) electrons. The molecule has 0 spiro atoms. The van der Waals surface area contributed by atoms with Crippen molar-refractivity contribution in [2.75, 3.05) is 17.5 Å². The number of anilines is 1. The molecule has 6 nitrogen and oxygen atoms in total. The summed E-state index contributed by atoms with van der Waals surface area (Å²) in [5.41, 5.74) is 1.22. The fourth-order valence-corrected chi connectivity index (χ4v) is 3.53. The Morgan fingerprint density at radius 1 is 1.26 bits per heavy atom. The number of hydrogen-bond donors (Lipinski definition) is 3. The second kappa shape index (κ2) is 7.68.